The molecule has 2 N–H and O–H groups in total. The molecule has 0 amide bonds. The number of pyridine rings is 1. The Morgan fingerprint density at radius 3 is 2.62 bits per heavy atom. The largest absolute Gasteiger partial charge is 0.462 e. The van der Waals surface area contributed by atoms with Crippen molar-refractivity contribution in [2.24, 2.45) is 0 Å². The molecule has 0 aliphatic carbocycles. The van der Waals surface area contributed by atoms with Gasteiger partial charge in [0.05, 0.1) is 17.5 Å². The molecule has 0 fully saturated rings. The second-order valence-corrected chi connectivity index (χ2v) is 4.34. The van der Waals surface area contributed by atoms with Gasteiger partial charge >= 0.3 is 6.18 Å². The van der Waals surface area contributed by atoms with Crippen LogP contribution >= 0.6 is 0 Å². The quantitative estimate of drug-likeness (QED) is 0.719. The molecular weight excluding hydrogens is 285 g/mol. The first-order chi connectivity index (χ1) is 9.93. The van der Waals surface area contributed by atoms with Crippen molar-refractivity contribution in [3.8, 4) is 11.6 Å². The average molecular weight is 294 g/mol. The van der Waals surface area contributed by atoms with Gasteiger partial charge in [-0.3, -0.25) is 0 Å². The van der Waals surface area contributed by atoms with Crippen LogP contribution in [0.2, 0.25) is 0 Å². The molecule has 0 atom stereocenters. The summed E-state index contributed by atoms with van der Waals surface area (Å²) in [4.78, 5) is 3.63. The summed E-state index contributed by atoms with van der Waals surface area (Å²) in [5.41, 5.74) is 5.86. The number of benzene rings is 1. The molecule has 2 aromatic heterocycles. The molecule has 3 aromatic rings. The molecule has 0 bridgehead atoms. The van der Waals surface area contributed by atoms with Crippen LogP contribution in [0.25, 0.3) is 11.0 Å². The molecule has 21 heavy (non-hydrogen) atoms. The highest BCUT2D eigenvalue weighted by Gasteiger charge is 2.30. The molecule has 0 aliphatic rings. The maximum absolute atomic E-state index is 12.4. The van der Waals surface area contributed by atoms with Gasteiger partial charge in [0.1, 0.15) is 5.75 Å². The first kappa shape index (κ1) is 13.3. The summed E-state index contributed by atoms with van der Waals surface area (Å²) in [6.07, 6.45) is -2.22. The Balaban J connectivity index is 1.88. The highest BCUT2D eigenvalue weighted by Crippen LogP contribution is 2.32. The Hall–Kier alpha value is -2.70. The number of nitrogens with two attached hydrogens (primary N) is 1. The number of hydrogen-bond acceptors (Lipinski definition) is 4. The molecule has 108 valence electrons. The number of fused-ring (bicyclic) bond motifs is 1. The van der Waals surface area contributed by atoms with Crippen LogP contribution in [0, 0.1) is 0 Å². The van der Waals surface area contributed by atoms with E-state index in [1.165, 1.54) is 12.3 Å². The topological polar surface area (TPSA) is 61.3 Å². The van der Waals surface area contributed by atoms with Gasteiger partial charge in [0, 0.05) is 23.7 Å². The molecule has 3 rings (SSSR count). The van der Waals surface area contributed by atoms with Gasteiger partial charge in [-0.05, 0) is 18.2 Å². The Morgan fingerprint density at radius 2 is 1.95 bits per heavy atom. The van der Waals surface area contributed by atoms with E-state index in [1.807, 2.05) is 0 Å². The van der Waals surface area contributed by atoms with Crippen molar-refractivity contribution in [1.29, 1.82) is 0 Å². The summed E-state index contributed by atoms with van der Waals surface area (Å²) in [6, 6.07) is 6.94. The number of aromatic nitrogens is 1. The summed E-state index contributed by atoms with van der Waals surface area (Å²) < 4.78 is 47.9. The van der Waals surface area contributed by atoms with E-state index in [1.54, 1.807) is 12.1 Å². The third kappa shape index (κ3) is 2.62. The van der Waals surface area contributed by atoms with Gasteiger partial charge in [-0.2, -0.15) is 13.2 Å². The number of ether oxygens (including phenoxy) is 1. The summed E-state index contributed by atoms with van der Waals surface area (Å²) >= 11 is 0. The minimum atomic E-state index is -4.42. The van der Waals surface area contributed by atoms with E-state index in [0.717, 1.165) is 23.7 Å². The maximum Gasteiger partial charge on any atom is 0.417 e. The average Bonchev–Trinajstić information content (AvgIpc) is 2.87. The zero-order valence-electron chi connectivity index (χ0n) is 10.5. The lowest BCUT2D eigenvalue weighted by Crippen LogP contribution is -2.05. The molecule has 0 unspecified atom stereocenters. The molecule has 0 aliphatic heterocycles. The van der Waals surface area contributed by atoms with Crippen LogP contribution in [0.1, 0.15) is 5.56 Å². The summed E-state index contributed by atoms with van der Waals surface area (Å²) in [7, 11) is 0. The number of halogens is 3. The predicted molar refractivity (Wildman–Crippen MR) is 69.9 cm³/mol. The zero-order valence-corrected chi connectivity index (χ0v) is 10.5. The van der Waals surface area contributed by atoms with Crippen molar-refractivity contribution in [2.45, 2.75) is 6.18 Å². The lowest BCUT2D eigenvalue weighted by Gasteiger charge is -2.08. The number of alkyl halides is 3. The van der Waals surface area contributed by atoms with Crippen LogP contribution < -0.4 is 10.5 Å². The lowest BCUT2D eigenvalue weighted by molar-refractivity contribution is -0.137. The van der Waals surface area contributed by atoms with E-state index in [4.69, 9.17) is 14.9 Å². The van der Waals surface area contributed by atoms with E-state index < -0.39 is 11.7 Å². The van der Waals surface area contributed by atoms with Gasteiger partial charge in [-0.1, -0.05) is 0 Å². The zero-order chi connectivity index (χ0) is 15.0. The fourth-order valence-corrected chi connectivity index (χ4v) is 1.87. The second kappa shape index (κ2) is 4.69. The summed E-state index contributed by atoms with van der Waals surface area (Å²) in [6.45, 7) is 0. The molecule has 0 saturated heterocycles. The number of nitrogens with zero attached hydrogens (tertiary/aromatic N) is 1. The standard InChI is InChI=1S/C14H9F3N2O2/c15-14(16,17)9-1-2-12(19-7-9)21-10-5-8-3-4-20-13(8)11(18)6-10/h1-7H,18H2. The predicted octanol–water partition coefficient (Wildman–Crippen LogP) is 4.22. The van der Waals surface area contributed by atoms with Crippen LogP contribution in [0.4, 0.5) is 18.9 Å². The van der Waals surface area contributed by atoms with Gasteiger partial charge in [-0.25, -0.2) is 4.98 Å². The first-order valence-corrected chi connectivity index (χ1v) is 5.91. The van der Waals surface area contributed by atoms with Crippen LogP contribution in [0.3, 0.4) is 0 Å². The molecule has 7 heteroatoms. The Kier molecular flexibility index (Phi) is 2.97. The minimum Gasteiger partial charge on any atom is -0.462 e. The Labute approximate surface area is 116 Å². The van der Waals surface area contributed by atoms with Crippen molar-refractivity contribution in [2.75, 3.05) is 5.73 Å². The number of furan rings is 1. The molecule has 1 aromatic carbocycles. The van der Waals surface area contributed by atoms with E-state index in [-0.39, 0.29) is 5.88 Å². The van der Waals surface area contributed by atoms with Crippen LogP contribution in [-0.2, 0) is 6.18 Å². The van der Waals surface area contributed by atoms with E-state index in [2.05, 4.69) is 4.98 Å². The van der Waals surface area contributed by atoms with Gasteiger partial charge in [0.25, 0.3) is 0 Å². The van der Waals surface area contributed by atoms with Crippen LogP contribution in [0.5, 0.6) is 11.6 Å². The normalized spacial score (nSPS) is 11.8. The summed E-state index contributed by atoms with van der Waals surface area (Å²) in [5, 5.41) is 0.733. The van der Waals surface area contributed by atoms with Crippen molar-refractivity contribution >= 4 is 16.7 Å². The molecule has 0 spiro atoms. The van der Waals surface area contributed by atoms with Crippen molar-refractivity contribution < 1.29 is 22.3 Å². The Morgan fingerprint density at radius 1 is 1.14 bits per heavy atom. The number of hydrogen-bond donors (Lipinski definition) is 1. The van der Waals surface area contributed by atoms with Gasteiger partial charge < -0.3 is 14.9 Å². The number of nitrogen functional groups attached to an aromatic ring is 1. The lowest BCUT2D eigenvalue weighted by atomic mass is 10.2. The van der Waals surface area contributed by atoms with E-state index in [0.29, 0.717) is 17.0 Å². The van der Waals surface area contributed by atoms with Crippen molar-refractivity contribution in [1.82, 2.24) is 4.98 Å². The van der Waals surface area contributed by atoms with E-state index in [9.17, 15) is 13.2 Å². The second-order valence-electron chi connectivity index (χ2n) is 4.34. The van der Waals surface area contributed by atoms with Crippen molar-refractivity contribution in [3.05, 3.63) is 48.4 Å². The first-order valence-electron chi connectivity index (χ1n) is 5.91. The summed E-state index contributed by atoms with van der Waals surface area (Å²) in [5.74, 6) is 0.416. The van der Waals surface area contributed by atoms with Crippen LogP contribution in [0.15, 0.2) is 47.2 Å². The molecule has 2 heterocycles. The third-order valence-corrected chi connectivity index (χ3v) is 2.84. The molecule has 0 saturated carbocycles. The fraction of sp³-hybridized carbons (Fsp3) is 0.0714. The SMILES string of the molecule is Nc1cc(Oc2ccc(C(F)(F)F)cn2)cc2ccoc12. The van der Waals surface area contributed by atoms with Gasteiger partial charge in [-0.15, -0.1) is 0 Å². The molecule has 4 nitrogen and oxygen atoms in total. The molecular formula is C14H9F3N2O2. The van der Waals surface area contributed by atoms with Crippen molar-refractivity contribution in [3.63, 3.8) is 0 Å². The maximum atomic E-state index is 12.4. The highest BCUT2D eigenvalue weighted by molar-refractivity contribution is 5.89. The highest BCUT2D eigenvalue weighted by atomic mass is 19.4. The fourth-order valence-electron chi connectivity index (χ4n) is 1.87. The number of anilines is 1. The smallest absolute Gasteiger partial charge is 0.417 e. The number of rotatable bonds is 2. The minimum absolute atomic E-state index is 0.0465. The van der Waals surface area contributed by atoms with Gasteiger partial charge in [0.15, 0.2) is 5.58 Å². The molecule has 0 radical (unpaired) electrons. The van der Waals surface area contributed by atoms with E-state index >= 15 is 0 Å². The third-order valence-electron chi connectivity index (χ3n) is 2.84. The van der Waals surface area contributed by atoms with Gasteiger partial charge in [0.2, 0.25) is 5.88 Å². The monoisotopic (exact) mass is 294 g/mol. The Bertz CT molecular complexity index is 779. The van der Waals surface area contributed by atoms with Crippen LogP contribution in [-0.4, -0.2) is 4.98 Å².